The molecule has 0 amide bonds. The summed E-state index contributed by atoms with van der Waals surface area (Å²) in [5, 5.41) is 4.41. The van der Waals surface area contributed by atoms with Gasteiger partial charge in [-0.05, 0) is 45.1 Å². The molecule has 2 rings (SSSR count). The van der Waals surface area contributed by atoms with Gasteiger partial charge in [0.15, 0.2) is 0 Å². The highest BCUT2D eigenvalue weighted by Crippen LogP contribution is 2.17. The third-order valence-electron chi connectivity index (χ3n) is 3.03. The van der Waals surface area contributed by atoms with Gasteiger partial charge in [-0.3, -0.25) is 4.68 Å². The molecule has 96 valence electrons. The minimum atomic E-state index is 1.04. The summed E-state index contributed by atoms with van der Waals surface area (Å²) in [6.45, 7) is 1.14. The zero-order valence-electron chi connectivity index (χ0n) is 11.4. The summed E-state index contributed by atoms with van der Waals surface area (Å²) in [7, 11) is 6.17. The van der Waals surface area contributed by atoms with Gasteiger partial charge in [0.25, 0.3) is 0 Å². The van der Waals surface area contributed by atoms with Gasteiger partial charge in [-0.1, -0.05) is 24.3 Å². The Morgan fingerprint density at radius 1 is 1.11 bits per heavy atom. The Balaban J connectivity index is 1.97. The van der Waals surface area contributed by atoms with E-state index in [-0.39, 0.29) is 0 Å². The van der Waals surface area contributed by atoms with Crippen LogP contribution in [0.2, 0.25) is 0 Å². The van der Waals surface area contributed by atoms with E-state index in [9.17, 15) is 0 Å². The molecule has 0 saturated heterocycles. The van der Waals surface area contributed by atoms with Gasteiger partial charge in [0.05, 0.1) is 5.69 Å². The fourth-order valence-corrected chi connectivity index (χ4v) is 2.01. The smallest absolute Gasteiger partial charge is 0.0923 e. The maximum absolute atomic E-state index is 4.41. The number of nitrogens with zero attached hydrogens (tertiary/aromatic N) is 3. The SMILES string of the molecule is CN(C)CCCc1ccc(-c2ccn(C)n2)cc1. The van der Waals surface area contributed by atoms with E-state index in [4.69, 9.17) is 0 Å². The van der Waals surface area contributed by atoms with Gasteiger partial charge in [0, 0.05) is 18.8 Å². The first-order valence-corrected chi connectivity index (χ1v) is 6.39. The van der Waals surface area contributed by atoms with Crippen LogP contribution in [0.1, 0.15) is 12.0 Å². The summed E-state index contributed by atoms with van der Waals surface area (Å²) in [6.07, 6.45) is 4.32. The number of benzene rings is 1. The molecule has 3 nitrogen and oxygen atoms in total. The summed E-state index contributed by atoms with van der Waals surface area (Å²) >= 11 is 0. The molecule has 0 aliphatic carbocycles. The van der Waals surface area contributed by atoms with E-state index in [1.165, 1.54) is 17.5 Å². The first-order valence-electron chi connectivity index (χ1n) is 6.39. The summed E-state index contributed by atoms with van der Waals surface area (Å²) in [5.41, 5.74) is 3.63. The van der Waals surface area contributed by atoms with Gasteiger partial charge in [-0.25, -0.2) is 0 Å². The fourth-order valence-electron chi connectivity index (χ4n) is 2.01. The van der Waals surface area contributed by atoms with Crippen molar-refractivity contribution in [3.05, 3.63) is 42.1 Å². The van der Waals surface area contributed by atoms with Crippen LogP contribution < -0.4 is 0 Å². The lowest BCUT2D eigenvalue weighted by atomic mass is 10.1. The van der Waals surface area contributed by atoms with E-state index < -0.39 is 0 Å². The van der Waals surface area contributed by atoms with E-state index in [2.05, 4.69) is 48.4 Å². The van der Waals surface area contributed by atoms with Crippen LogP contribution in [-0.4, -0.2) is 35.3 Å². The van der Waals surface area contributed by atoms with Gasteiger partial charge in [-0.2, -0.15) is 5.10 Å². The van der Waals surface area contributed by atoms with Crippen molar-refractivity contribution in [1.82, 2.24) is 14.7 Å². The Bertz CT molecular complexity index is 483. The van der Waals surface area contributed by atoms with E-state index in [1.807, 2.05) is 24.0 Å². The van der Waals surface area contributed by atoms with Gasteiger partial charge >= 0.3 is 0 Å². The van der Waals surface area contributed by atoms with Crippen LogP contribution in [-0.2, 0) is 13.5 Å². The first kappa shape index (κ1) is 12.8. The fraction of sp³-hybridized carbons (Fsp3) is 0.400. The molecule has 0 spiro atoms. The maximum atomic E-state index is 4.41. The van der Waals surface area contributed by atoms with Crippen LogP contribution in [0.3, 0.4) is 0 Å². The lowest BCUT2D eigenvalue weighted by Crippen LogP contribution is -2.13. The van der Waals surface area contributed by atoms with Gasteiger partial charge in [0.1, 0.15) is 0 Å². The predicted molar refractivity (Wildman–Crippen MR) is 75.5 cm³/mol. The topological polar surface area (TPSA) is 21.1 Å². The van der Waals surface area contributed by atoms with Crippen molar-refractivity contribution >= 4 is 0 Å². The monoisotopic (exact) mass is 243 g/mol. The number of aryl methyl sites for hydroxylation is 2. The van der Waals surface area contributed by atoms with Crippen LogP contribution in [0.25, 0.3) is 11.3 Å². The summed E-state index contributed by atoms with van der Waals surface area (Å²) in [4.78, 5) is 2.22. The molecule has 18 heavy (non-hydrogen) atoms. The highest BCUT2D eigenvalue weighted by Gasteiger charge is 2.01. The van der Waals surface area contributed by atoms with Gasteiger partial charge in [-0.15, -0.1) is 0 Å². The molecule has 0 fully saturated rings. The van der Waals surface area contributed by atoms with E-state index in [1.54, 1.807) is 0 Å². The van der Waals surface area contributed by atoms with Gasteiger partial charge in [0.2, 0.25) is 0 Å². The van der Waals surface area contributed by atoms with E-state index >= 15 is 0 Å². The quantitative estimate of drug-likeness (QED) is 0.805. The minimum Gasteiger partial charge on any atom is -0.309 e. The zero-order valence-corrected chi connectivity index (χ0v) is 11.4. The molecule has 0 unspecified atom stereocenters. The molecule has 0 N–H and O–H groups in total. The average molecular weight is 243 g/mol. The molecule has 0 saturated carbocycles. The average Bonchev–Trinajstić information content (AvgIpc) is 2.76. The highest BCUT2D eigenvalue weighted by molar-refractivity contribution is 5.58. The molecular weight excluding hydrogens is 222 g/mol. The number of hydrogen-bond donors (Lipinski definition) is 0. The summed E-state index contributed by atoms with van der Waals surface area (Å²) in [6, 6.07) is 10.8. The van der Waals surface area contributed by atoms with Crippen LogP contribution >= 0.6 is 0 Å². The van der Waals surface area contributed by atoms with Crippen molar-refractivity contribution in [3.63, 3.8) is 0 Å². The Labute approximate surface area is 109 Å². The lowest BCUT2D eigenvalue weighted by molar-refractivity contribution is 0.400. The third-order valence-corrected chi connectivity index (χ3v) is 3.03. The van der Waals surface area contributed by atoms with Crippen molar-refractivity contribution in [3.8, 4) is 11.3 Å². The van der Waals surface area contributed by atoms with Crippen molar-refractivity contribution in [1.29, 1.82) is 0 Å². The van der Waals surface area contributed by atoms with Crippen molar-refractivity contribution in [2.24, 2.45) is 7.05 Å². The molecule has 1 aromatic heterocycles. The molecule has 0 atom stereocenters. The van der Waals surface area contributed by atoms with Crippen molar-refractivity contribution in [2.75, 3.05) is 20.6 Å². The largest absolute Gasteiger partial charge is 0.309 e. The molecular formula is C15H21N3. The molecule has 2 aromatic rings. The number of aromatic nitrogens is 2. The Morgan fingerprint density at radius 3 is 2.39 bits per heavy atom. The molecule has 0 bridgehead atoms. The minimum absolute atomic E-state index is 1.04. The Morgan fingerprint density at radius 2 is 1.83 bits per heavy atom. The molecule has 3 heteroatoms. The third kappa shape index (κ3) is 3.44. The normalized spacial score (nSPS) is 11.1. The number of hydrogen-bond acceptors (Lipinski definition) is 2. The van der Waals surface area contributed by atoms with Crippen LogP contribution in [0, 0.1) is 0 Å². The highest BCUT2D eigenvalue weighted by atomic mass is 15.2. The van der Waals surface area contributed by atoms with Gasteiger partial charge < -0.3 is 4.90 Å². The molecule has 0 aliphatic heterocycles. The maximum Gasteiger partial charge on any atom is 0.0923 e. The predicted octanol–water partition coefficient (Wildman–Crippen LogP) is 2.58. The lowest BCUT2D eigenvalue weighted by Gasteiger charge is -2.09. The summed E-state index contributed by atoms with van der Waals surface area (Å²) < 4.78 is 1.83. The number of rotatable bonds is 5. The summed E-state index contributed by atoms with van der Waals surface area (Å²) in [5.74, 6) is 0. The molecule has 0 radical (unpaired) electrons. The van der Waals surface area contributed by atoms with E-state index in [0.717, 1.165) is 18.7 Å². The zero-order chi connectivity index (χ0) is 13.0. The Hall–Kier alpha value is -1.61. The molecule has 0 aliphatic rings. The van der Waals surface area contributed by atoms with Crippen LogP contribution in [0.4, 0.5) is 0 Å². The molecule has 1 aromatic carbocycles. The second kappa shape index (κ2) is 5.83. The first-order chi connectivity index (χ1) is 8.65. The second-order valence-electron chi connectivity index (χ2n) is 4.98. The molecule has 1 heterocycles. The van der Waals surface area contributed by atoms with Crippen LogP contribution in [0.5, 0.6) is 0 Å². The second-order valence-corrected chi connectivity index (χ2v) is 4.98. The Kier molecular flexibility index (Phi) is 4.15. The van der Waals surface area contributed by atoms with Crippen LogP contribution in [0.15, 0.2) is 36.5 Å². The van der Waals surface area contributed by atoms with E-state index in [0.29, 0.717) is 0 Å². The van der Waals surface area contributed by atoms with Crippen molar-refractivity contribution < 1.29 is 0 Å². The standard InChI is InChI=1S/C15H21N3/c1-17(2)11-4-5-13-6-8-14(9-7-13)15-10-12-18(3)16-15/h6-10,12H,4-5,11H2,1-3H3. The van der Waals surface area contributed by atoms with Crippen molar-refractivity contribution in [2.45, 2.75) is 12.8 Å².